The number of nitrogens with zero attached hydrogens (tertiary/aromatic N) is 1. The normalized spacial score (nSPS) is 11.1. The Morgan fingerprint density at radius 1 is 0.921 bits per heavy atom. The van der Waals surface area contributed by atoms with Gasteiger partial charge in [-0.2, -0.15) is 0 Å². The van der Waals surface area contributed by atoms with Gasteiger partial charge in [0.2, 0.25) is 0 Å². The van der Waals surface area contributed by atoms with Gasteiger partial charge < -0.3 is 14.8 Å². The van der Waals surface area contributed by atoms with Crippen LogP contribution in [0.2, 0.25) is 0 Å². The molecule has 2 N–H and O–H groups in total. The van der Waals surface area contributed by atoms with Crippen molar-refractivity contribution < 1.29 is 32.3 Å². The third-order valence-corrected chi connectivity index (χ3v) is 6.66. The van der Waals surface area contributed by atoms with E-state index in [1.807, 2.05) is 42.8 Å². The Labute approximate surface area is 221 Å². The summed E-state index contributed by atoms with van der Waals surface area (Å²) in [7, 11) is -2.64. The van der Waals surface area contributed by atoms with Crippen LogP contribution in [0.1, 0.15) is 50.6 Å². The molecule has 0 atom stereocenters. The van der Waals surface area contributed by atoms with Gasteiger partial charge >= 0.3 is 5.97 Å². The SMILES string of the molecule is COc1ccccc1CCNC(=O)c1ccc(S(=O)(=O)NC(=O)c2ccc(C(=O)OCC(C)C)nc2)cc1. The minimum atomic E-state index is -4.22. The number of hydrogen-bond acceptors (Lipinski definition) is 8. The number of ether oxygens (including phenoxy) is 2. The number of aromatic nitrogens is 1. The minimum absolute atomic E-state index is 0.00169. The molecule has 2 amide bonds. The summed E-state index contributed by atoms with van der Waals surface area (Å²) in [5.41, 5.74) is 1.16. The number of nitrogens with one attached hydrogen (secondary N) is 2. The Hall–Kier alpha value is -4.25. The zero-order valence-electron chi connectivity index (χ0n) is 21.3. The quantitative estimate of drug-likeness (QED) is 0.354. The van der Waals surface area contributed by atoms with Gasteiger partial charge in [-0.3, -0.25) is 9.59 Å². The van der Waals surface area contributed by atoms with Crippen LogP contribution < -0.4 is 14.8 Å². The van der Waals surface area contributed by atoms with Gasteiger partial charge in [0, 0.05) is 18.3 Å². The van der Waals surface area contributed by atoms with Crippen LogP contribution >= 0.6 is 0 Å². The Balaban J connectivity index is 1.57. The van der Waals surface area contributed by atoms with E-state index in [0.717, 1.165) is 17.5 Å². The van der Waals surface area contributed by atoms with E-state index < -0.39 is 21.9 Å². The minimum Gasteiger partial charge on any atom is -0.496 e. The van der Waals surface area contributed by atoms with Crippen molar-refractivity contribution in [1.29, 1.82) is 0 Å². The summed E-state index contributed by atoms with van der Waals surface area (Å²) >= 11 is 0. The zero-order valence-corrected chi connectivity index (χ0v) is 22.1. The Morgan fingerprint density at radius 3 is 2.24 bits per heavy atom. The molecule has 200 valence electrons. The van der Waals surface area contributed by atoms with Crippen molar-refractivity contribution in [2.75, 3.05) is 20.3 Å². The summed E-state index contributed by atoms with van der Waals surface area (Å²) in [6.07, 6.45) is 1.65. The monoisotopic (exact) mass is 539 g/mol. The predicted octanol–water partition coefficient (Wildman–Crippen LogP) is 2.99. The molecule has 0 spiro atoms. The second kappa shape index (κ2) is 12.8. The Bertz CT molecular complexity index is 1390. The first-order valence-electron chi connectivity index (χ1n) is 11.8. The number of methoxy groups -OCH3 is 1. The fourth-order valence-corrected chi connectivity index (χ4v) is 4.29. The number of carbonyl (C=O) groups is 3. The first-order valence-corrected chi connectivity index (χ1v) is 13.3. The van der Waals surface area contributed by atoms with E-state index in [-0.39, 0.29) is 40.1 Å². The molecule has 0 aliphatic rings. The molecule has 0 saturated heterocycles. The number of carbonyl (C=O) groups excluding carboxylic acids is 3. The smallest absolute Gasteiger partial charge is 0.356 e. The Kier molecular flexibility index (Phi) is 9.55. The van der Waals surface area contributed by atoms with Crippen molar-refractivity contribution in [3.8, 4) is 5.75 Å². The van der Waals surface area contributed by atoms with Crippen LogP contribution in [0.3, 0.4) is 0 Å². The lowest BCUT2D eigenvalue weighted by molar-refractivity contribution is 0.0451. The van der Waals surface area contributed by atoms with Gasteiger partial charge in [0.05, 0.1) is 24.2 Å². The summed E-state index contributed by atoms with van der Waals surface area (Å²) in [5.74, 6) is -1.04. The topological polar surface area (TPSA) is 141 Å². The first-order chi connectivity index (χ1) is 18.1. The zero-order chi connectivity index (χ0) is 27.7. The van der Waals surface area contributed by atoms with Crippen molar-refractivity contribution >= 4 is 27.8 Å². The van der Waals surface area contributed by atoms with E-state index in [1.165, 1.54) is 36.4 Å². The highest BCUT2D eigenvalue weighted by atomic mass is 32.2. The molecule has 1 heterocycles. The average molecular weight is 540 g/mol. The van der Waals surface area contributed by atoms with Gasteiger partial charge in [-0.25, -0.2) is 22.9 Å². The molecule has 1 aromatic heterocycles. The fraction of sp³-hybridized carbons (Fsp3) is 0.259. The Morgan fingerprint density at radius 2 is 1.61 bits per heavy atom. The highest BCUT2D eigenvalue weighted by molar-refractivity contribution is 7.90. The number of para-hydroxylation sites is 1. The molecular weight excluding hydrogens is 510 g/mol. The van der Waals surface area contributed by atoms with Crippen LogP contribution in [-0.2, 0) is 21.2 Å². The molecule has 0 bridgehead atoms. The summed E-state index contributed by atoms with van der Waals surface area (Å²) < 4.78 is 37.7. The molecule has 38 heavy (non-hydrogen) atoms. The highest BCUT2D eigenvalue weighted by Crippen LogP contribution is 2.17. The van der Waals surface area contributed by atoms with Gasteiger partial charge in [-0.05, 0) is 60.4 Å². The van der Waals surface area contributed by atoms with Crippen LogP contribution in [0.5, 0.6) is 5.75 Å². The van der Waals surface area contributed by atoms with Crippen LogP contribution in [0.4, 0.5) is 0 Å². The summed E-state index contributed by atoms with van der Waals surface area (Å²) in [5, 5.41) is 2.78. The largest absolute Gasteiger partial charge is 0.496 e. The summed E-state index contributed by atoms with van der Waals surface area (Å²) in [4.78, 5) is 40.6. The third-order valence-electron chi connectivity index (χ3n) is 5.31. The van der Waals surface area contributed by atoms with Crippen LogP contribution in [0.25, 0.3) is 0 Å². The van der Waals surface area contributed by atoms with E-state index in [1.54, 1.807) is 7.11 Å². The highest BCUT2D eigenvalue weighted by Gasteiger charge is 2.20. The van der Waals surface area contributed by atoms with E-state index in [0.29, 0.717) is 13.0 Å². The first kappa shape index (κ1) is 28.3. The molecule has 2 aromatic carbocycles. The second-order valence-electron chi connectivity index (χ2n) is 8.70. The number of hydrogen-bond donors (Lipinski definition) is 2. The van der Waals surface area contributed by atoms with Crippen molar-refractivity contribution in [2.45, 2.75) is 25.2 Å². The number of amides is 2. The lowest BCUT2D eigenvalue weighted by Gasteiger charge is -2.10. The van der Waals surface area contributed by atoms with Gasteiger partial charge in [0.1, 0.15) is 11.4 Å². The van der Waals surface area contributed by atoms with Crippen molar-refractivity contribution in [2.24, 2.45) is 5.92 Å². The van der Waals surface area contributed by atoms with E-state index in [2.05, 4.69) is 10.3 Å². The van der Waals surface area contributed by atoms with Crippen molar-refractivity contribution in [3.63, 3.8) is 0 Å². The number of esters is 1. The number of sulfonamides is 1. The molecule has 0 unspecified atom stereocenters. The van der Waals surface area contributed by atoms with Crippen LogP contribution in [0, 0.1) is 5.92 Å². The molecular formula is C27H29N3O7S. The van der Waals surface area contributed by atoms with Crippen molar-refractivity contribution in [3.05, 3.63) is 89.2 Å². The number of rotatable bonds is 11. The average Bonchev–Trinajstić information content (AvgIpc) is 2.91. The van der Waals surface area contributed by atoms with Crippen molar-refractivity contribution in [1.82, 2.24) is 15.0 Å². The van der Waals surface area contributed by atoms with Crippen LogP contribution in [-0.4, -0.2) is 51.4 Å². The standard InChI is InChI=1S/C27H29N3O7S/c1-18(2)17-37-27(33)23-13-10-21(16-29-23)26(32)30-38(34,35)22-11-8-20(9-12-22)25(31)28-15-14-19-6-4-5-7-24(19)36-3/h4-13,16,18H,14-15,17H2,1-3H3,(H,28,31)(H,30,32). The molecule has 0 fully saturated rings. The molecule has 0 aliphatic heterocycles. The third kappa shape index (κ3) is 7.62. The molecule has 11 heteroatoms. The number of pyridine rings is 1. The molecule has 3 aromatic rings. The molecule has 0 saturated carbocycles. The lowest BCUT2D eigenvalue weighted by atomic mass is 10.1. The molecule has 10 nitrogen and oxygen atoms in total. The van der Waals surface area contributed by atoms with Gasteiger partial charge in [0.15, 0.2) is 0 Å². The van der Waals surface area contributed by atoms with E-state index in [9.17, 15) is 22.8 Å². The maximum Gasteiger partial charge on any atom is 0.356 e. The van der Waals surface area contributed by atoms with E-state index >= 15 is 0 Å². The lowest BCUT2D eigenvalue weighted by Crippen LogP contribution is -2.31. The summed E-state index contributed by atoms with van der Waals surface area (Å²) in [6, 6.07) is 15.2. The van der Waals surface area contributed by atoms with Gasteiger partial charge in [0.25, 0.3) is 21.8 Å². The maximum atomic E-state index is 12.7. The second-order valence-corrected chi connectivity index (χ2v) is 10.4. The van der Waals surface area contributed by atoms with Crippen LogP contribution in [0.15, 0.2) is 71.8 Å². The molecule has 0 aliphatic carbocycles. The number of benzene rings is 2. The van der Waals surface area contributed by atoms with E-state index in [4.69, 9.17) is 9.47 Å². The fourth-order valence-electron chi connectivity index (χ4n) is 3.31. The van der Waals surface area contributed by atoms with Gasteiger partial charge in [-0.1, -0.05) is 32.0 Å². The molecule has 3 rings (SSSR count). The van der Waals surface area contributed by atoms with Gasteiger partial charge in [-0.15, -0.1) is 0 Å². The summed E-state index contributed by atoms with van der Waals surface area (Å²) in [6.45, 7) is 4.37. The predicted molar refractivity (Wildman–Crippen MR) is 139 cm³/mol. The maximum absolute atomic E-state index is 12.7. The molecule has 0 radical (unpaired) electrons.